The molecule has 0 aromatic rings. The Morgan fingerprint density at radius 3 is 2.62 bits per heavy atom. The highest BCUT2D eigenvalue weighted by Crippen LogP contribution is 2.38. The molecule has 2 aliphatic heterocycles. The van der Waals surface area contributed by atoms with Gasteiger partial charge < -0.3 is 5.11 Å². The van der Waals surface area contributed by atoms with E-state index in [1.54, 1.807) is 0 Å². The van der Waals surface area contributed by atoms with E-state index in [1.165, 1.54) is 32.2 Å². The van der Waals surface area contributed by atoms with Gasteiger partial charge in [-0.1, -0.05) is 25.7 Å². The standard InChI is InChI=1S/C17H30N2O2/c1-14-11-18-10-6-3-7-15(18)12-19(14)13-17(16(20)21)8-4-2-5-9-17/h14-15H,2-13H2,1H3,(H,20,21). The minimum absolute atomic E-state index is 0.469. The van der Waals surface area contributed by atoms with E-state index in [9.17, 15) is 9.90 Å². The summed E-state index contributed by atoms with van der Waals surface area (Å²) < 4.78 is 0. The number of hydrogen-bond donors (Lipinski definition) is 1. The van der Waals surface area contributed by atoms with Crippen LogP contribution in [0, 0.1) is 5.41 Å². The molecule has 120 valence electrons. The smallest absolute Gasteiger partial charge is 0.310 e. The van der Waals surface area contributed by atoms with Crippen LogP contribution in [0.3, 0.4) is 0 Å². The molecule has 3 fully saturated rings. The molecule has 4 heteroatoms. The lowest BCUT2D eigenvalue weighted by molar-refractivity contribution is -0.154. The lowest BCUT2D eigenvalue weighted by atomic mass is 9.73. The van der Waals surface area contributed by atoms with E-state index in [-0.39, 0.29) is 0 Å². The van der Waals surface area contributed by atoms with Crippen molar-refractivity contribution in [3.8, 4) is 0 Å². The molecule has 2 atom stereocenters. The molecule has 3 aliphatic rings. The Hall–Kier alpha value is -0.610. The van der Waals surface area contributed by atoms with Gasteiger partial charge >= 0.3 is 5.97 Å². The van der Waals surface area contributed by atoms with Crippen molar-refractivity contribution in [1.82, 2.24) is 9.80 Å². The zero-order valence-electron chi connectivity index (χ0n) is 13.4. The number of piperidine rings is 1. The second-order valence-electron chi connectivity index (χ2n) is 7.57. The minimum Gasteiger partial charge on any atom is -0.481 e. The van der Waals surface area contributed by atoms with Crippen LogP contribution < -0.4 is 0 Å². The quantitative estimate of drug-likeness (QED) is 0.869. The minimum atomic E-state index is -0.555. The number of carboxylic acids is 1. The molecule has 2 unspecified atom stereocenters. The van der Waals surface area contributed by atoms with E-state index in [1.807, 2.05) is 0 Å². The first-order chi connectivity index (χ1) is 10.1. The van der Waals surface area contributed by atoms with Crippen LogP contribution in [0.4, 0.5) is 0 Å². The normalized spacial score (nSPS) is 34.3. The van der Waals surface area contributed by atoms with Crippen molar-refractivity contribution in [2.75, 3.05) is 26.2 Å². The number of piperazine rings is 1. The molecule has 4 nitrogen and oxygen atoms in total. The number of nitrogens with zero attached hydrogens (tertiary/aromatic N) is 2. The lowest BCUT2D eigenvalue weighted by Crippen LogP contribution is -2.61. The molecule has 1 aliphatic carbocycles. The van der Waals surface area contributed by atoms with Crippen LogP contribution in [-0.2, 0) is 4.79 Å². The van der Waals surface area contributed by atoms with Crippen LogP contribution >= 0.6 is 0 Å². The predicted molar refractivity (Wildman–Crippen MR) is 83.4 cm³/mol. The highest BCUT2D eigenvalue weighted by atomic mass is 16.4. The summed E-state index contributed by atoms with van der Waals surface area (Å²) in [6.45, 7) is 6.50. The second-order valence-corrected chi connectivity index (χ2v) is 7.57. The van der Waals surface area contributed by atoms with Crippen LogP contribution in [0.5, 0.6) is 0 Å². The van der Waals surface area contributed by atoms with Gasteiger partial charge in [0.1, 0.15) is 0 Å². The second kappa shape index (κ2) is 6.25. The van der Waals surface area contributed by atoms with Crippen molar-refractivity contribution in [2.24, 2.45) is 5.41 Å². The summed E-state index contributed by atoms with van der Waals surface area (Å²) in [7, 11) is 0. The highest BCUT2D eigenvalue weighted by molar-refractivity contribution is 5.75. The third-order valence-electron chi connectivity index (χ3n) is 6.09. The summed E-state index contributed by atoms with van der Waals surface area (Å²) in [6.07, 6.45) is 9.11. The molecule has 0 spiro atoms. The Labute approximate surface area is 128 Å². The molecule has 0 amide bonds. The first-order valence-corrected chi connectivity index (χ1v) is 8.82. The van der Waals surface area contributed by atoms with E-state index in [4.69, 9.17) is 0 Å². The number of fused-ring (bicyclic) bond motifs is 1. The molecule has 0 bridgehead atoms. The van der Waals surface area contributed by atoms with Gasteiger partial charge in [0.2, 0.25) is 0 Å². The molecule has 2 saturated heterocycles. The Kier molecular flexibility index (Phi) is 4.55. The highest BCUT2D eigenvalue weighted by Gasteiger charge is 2.43. The van der Waals surface area contributed by atoms with Crippen molar-refractivity contribution < 1.29 is 9.90 Å². The van der Waals surface area contributed by atoms with Gasteiger partial charge in [-0.25, -0.2) is 0 Å². The van der Waals surface area contributed by atoms with Gasteiger partial charge in [0.25, 0.3) is 0 Å². The first-order valence-electron chi connectivity index (χ1n) is 8.82. The number of aliphatic carboxylic acids is 1. The Morgan fingerprint density at radius 1 is 1.14 bits per heavy atom. The van der Waals surface area contributed by atoms with Crippen molar-refractivity contribution in [3.05, 3.63) is 0 Å². The van der Waals surface area contributed by atoms with Crippen LogP contribution in [0.25, 0.3) is 0 Å². The Bertz CT molecular complexity index is 379. The SMILES string of the molecule is CC1CN2CCCCC2CN1CC1(C(=O)O)CCCCC1. The summed E-state index contributed by atoms with van der Waals surface area (Å²) >= 11 is 0. The summed E-state index contributed by atoms with van der Waals surface area (Å²) in [5, 5.41) is 9.80. The third kappa shape index (κ3) is 3.11. The zero-order chi connectivity index (χ0) is 14.9. The molecule has 2 heterocycles. The van der Waals surface area contributed by atoms with Crippen molar-refractivity contribution in [2.45, 2.75) is 70.4 Å². The summed E-state index contributed by atoms with van der Waals surface area (Å²) in [5.41, 5.74) is -0.469. The summed E-state index contributed by atoms with van der Waals surface area (Å²) in [6, 6.07) is 1.17. The van der Waals surface area contributed by atoms with Gasteiger partial charge in [0.15, 0.2) is 0 Å². The van der Waals surface area contributed by atoms with Crippen molar-refractivity contribution in [3.63, 3.8) is 0 Å². The summed E-state index contributed by atoms with van der Waals surface area (Å²) in [4.78, 5) is 17.0. The fourth-order valence-corrected chi connectivity index (χ4v) is 4.69. The molecule has 0 aromatic heterocycles. The largest absolute Gasteiger partial charge is 0.481 e. The summed E-state index contributed by atoms with van der Waals surface area (Å²) in [5.74, 6) is -0.555. The maximum Gasteiger partial charge on any atom is 0.310 e. The van der Waals surface area contributed by atoms with Gasteiger partial charge in [-0.05, 0) is 39.2 Å². The number of rotatable bonds is 3. The van der Waals surface area contributed by atoms with E-state index >= 15 is 0 Å². The van der Waals surface area contributed by atoms with E-state index < -0.39 is 11.4 Å². The zero-order valence-corrected chi connectivity index (χ0v) is 13.4. The van der Waals surface area contributed by atoms with Crippen LogP contribution in [-0.4, -0.2) is 59.1 Å². The van der Waals surface area contributed by atoms with Crippen LogP contribution in [0.15, 0.2) is 0 Å². The van der Waals surface area contributed by atoms with Gasteiger partial charge in [-0.2, -0.15) is 0 Å². The van der Waals surface area contributed by atoms with Crippen molar-refractivity contribution in [1.29, 1.82) is 0 Å². The molecule has 1 N–H and O–H groups in total. The topological polar surface area (TPSA) is 43.8 Å². The maximum absolute atomic E-state index is 11.9. The molecular formula is C17H30N2O2. The molecule has 0 radical (unpaired) electrons. The van der Waals surface area contributed by atoms with E-state index in [0.29, 0.717) is 12.1 Å². The Morgan fingerprint density at radius 2 is 1.90 bits per heavy atom. The first kappa shape index (κ1) is 15.3. The number of carbonyl (C=O) groups is 1. The number of hydrogen-bond acceptors (Lipinski definition) is 3. The molecule has 3 rings (SSSR count). The maximum atomic E-state index is 11.9. The molecule has 1 saturated carbocycles. The van der Waals surface area contributed by atoms with Crippen LogP contribution in [0.1, 0.15) is 58.3 Å². The van der Waals surface area contributed by atoms with E-state index in [0.717, 1.165) is 45.3 Å². The van der Waals surface area contributed by atoms with Gasteiger partial charge in [-0.15, -0.1) is 0 Å². The monoisotopic (exact) mass is 294 g/mol. The average molecular weight is 294 g/mol. The molecule has 0 aromatic carbocycles. The van der Waals surface area contributed by atoms with E-state index in [2.05, 4.69) is 16.7 Å². The van der Waals surface area contributed by atoms with Crippen molar-refractivity contribution >= 4 is 5.97 Å². The molecule has 21 heavy (non-hydrogen) atoms. The fraction of sp³-hybridized carbons (Fsp3) is 0.941. The van der Waals surface area contributed by atoms with Gasteiger partial charge in [-0.3, -0.25) is 14.6 Å². The third-order valence-corrected chi connectivity index (χ3v) is 6.09. The average Bonchev–Trinajstić information content (AvgIpc) is 2.49. The molecular weight excluding hydrogens is 264 g/mol. The Balaban J connectivity index is 1.68. The fourth-order valence-electron chi connectivity index (χ4n) is 4.69. The number of carboxylic acid groups (broad SMARTS) is 1. The van der Waals surface area contributed by atoms with Crippen LogP contribution in [0.2, 0.25) is 0 Å². The lowest BCUT2D eigenvalue weighted by Gasteiger charge is -2.50. The van der Waals surface area contributed by atoms with Gasteiger partial charge in [0, 0.05) is 31.7 Å². The van der Waals surface area contributed by atoms with Gasteiger partial charge in [0.05, 0.1) is 5.41 Å². The predicted octanol–water partition coefficient (Wildman–Crippen LogP) is 2.58.